The molecule has 1 aliphatic rings. The second kappa shape index (κ2) is 6.01. The lowest BCUT2D eigenvalue weighted by Crippen LogP contribution is -2.30. The summed E-state index contributed by atoms with van der Waals surface area (Å²) in [5, 5.41) is 14.0. The van der Waals surface area contributed by atoms with Crippen molar-refractivity contribution in [3.05, 3.63) is 11.7 Å². The van der Waals surface area contributed by atoms with E-state index in [-0.39, 0.29) is 6.10 Å². The average Bonchev–Trinajstić information content (AvgIpc) is 3.17. The molecule has 0 aromatic carbocycles. The maximum Gasteiger partial charge on any atom is 0.229 e. The molecule has 1 unspecified atom stereocenters. The first kappa shape index (κ1) is 14.5. The summed E-state index contributed by atoms with van der Waals surface area (Å²) in [6.45, 7) is 6.72. The smallest absolute Gasteiger partial charge is 0.229 e. The molecule has 1 N–H and O–H groups in total. The summed E-state index contributed by atoms with van der Waals surface area (Å²) in [6.07, 6.45) is 3.93. The molecular formula is C14H24N2O3. The van der Waals surface area contributed by atoms with Crippen LogP contribution in [0.4, 0.5) is 0 Å². The minimum absolute atomic E-state index is 0.349. The lowest BCUT2D eigenvalue weighted by atomic mass is 9.96. The van der Waals surface area contributed by atoms with Gasteiger partial charge in [0.2, 0.25) is 11.7 Å². The standard InChI is InChI=1S/C14H24N2O3/c1-4-14(5-2,18-6-3)13-15-12(19-16-13)9-11(17)10-7-8-10/h10-11,17H,4-9H2,1-3H3. The highest BCUT2D eigenvalue weighted by atomic mass is 16.5. The van der Waals surface area contributed by atoms with Crippen molar-refractivity contribution in [3.8, 4) is 0 Å². The number of aliphatic hydroxyl groups excluding tert-OH is 1. The Morgan fingerprint density at radius 2 is 2.05 bits per heavy atom. The van der Waals surface area contributed by atoms with Crippen molar-refractivity contribution < 1.29 is 14.4 Å². The number of aliphatic hydroxyl groups is 1. The minimum atomic E-state index is -0.457. The zero-order chi connectivity index (χ0) is 13.9. The Morgan fingerprint density at radius 3 is 2.58 bits per heavy atom. The van der Waals surface area contributed by atoms with Crippen molar-refractivity contribution in [2.24, 2.45) is 5.92 Å². The third-order valence-corrected chi connectivity index (χ3v) is 3.99. The summed E-state index contributed by atoms with van der Waals surface area (Å²) in [5.41, 5.74) is -0.457. The van der Waals surface area contributed by atoms with Crippen LogP contribution in [0.5, 0.6) is 0 Å². The topological polar surface area (TPSA) is 68.4 Å². The van der Waals surface area contributed by atoms with Crippen molar-refractivity contribution in [2.75, 3.05) is 6.61 Å². The molecule has 5 heteroatoms. The van der Waals surface area contributed by atoms with E-state index in [9.17, 15) is 5.11 Å². The van der Waals surface area contributed by atoms with Crippen molar-refractivity contribution >= 4 is 0 Å². The van der Waals surface area contributed by atoms with Crippen LogP contribution in [0.1, 0.15) is 58.2 Å². The minimum Gasteiger partial charge on any atom is -0.392 e. The van der Waals surface area contributed by atoms with Crippen LogP contribution in [-0.4, -0.2) is 28.0 Å². The normalized spacial score (nSPS) is 17.7. The second-order valence-corrected chi connectivity index (χ2v) is 5.26. The number of hydrogen-bond donors (Lipinski definition) is 1. The maximum absolute atomic E-state index is 9.91. The lowest BCUT2D eigenvalue weighted by molar-refractivity contribution is -0.0583. The van der Waals surface area contributed by atoms with Gasteiger partial charge in [0.05, 0.1) is 12.5 Å². The molecule has 0 saturated heterocycles. The third-order valence-electron chi connectivity index (χ3n) is 3.99. The largest absolute Gasteiger partial charge is 0.392 e. The fourth-order valence-corrected chi connectivity index (χ4v) is 2.46. The van der Waals surface area contributed by atoms with E-state index in [0.717, 1.165) is 25.7 Å². The van der Waals surface area contributed by atoms with Crippen LogP contribution in [0.2, 0.25) is 0 Å². The Balaban J connectivity index is 2.08. The molecule has 1 aliphatic carbocycles. The van der Waals surface area contributed by atoms with Gasteiger partial charge in [0, 0.05) is 6.61 Å². The van der Waals surface area contributed by atoms with E-state index in [1.807, 2.05) is 6.92 Å². The third kappa shape index (κ3) is 3.15. The summed E-state index contributed by atoms with van der Waals surface area (Å²) < 4.78 is 11.1. The van der Waals surface area contributed by atoms with Crippen LogP contribution in [-0.2, 0) is 16.8 Å². The van der Waals surface area contributed by atoms with Crippen LogP contribution in [0.25, 0.3) is 0 Å². The van der Waals surface area contributed by atoms with Crippen LogP contribution >= 0.6 is 0 Å². The molecule has 1 aromatic heterocycles. The molecule has 1 saturated carbocycles. The highest BCUT2D eigenvalue weighted by molar-refractivity contribution is 5.02. The number of nitrogens with zero attached hydrogens (tertiary/aromatic N) is 2. The molecule has 1 heterocycles. The second-order valence-electron chi connectivity index (χ2n) is 5.26. The van der Waals surface area contributed by atoms with Gasteiger partial charge >= 0.3 is 0 Å². The van der Waals surface area contributed by atoms with E-state index in [1.165, 1.54) is 0 Å². The van der Waals surface area contributed by atoms with Crippen LogP contribution in [0, 0.1) is 5.92 Å². The number of rotatable bonds is 8. The number of ether oxygens (including phenoxy) is 1. The highest BCUT2D eigenvalue weighted by Gasteiger charge is 2.36. The first-order valence-corrected chi connectivity index (χ1v) is 7.30. The highest BCUT2D eigenvalue weighted by Crippen LogP contribution is 2.34. The maximum atomic E-state index is 9.91. The summed E-state index contributed by atoms with van der Waals surface area (Å²) >= 11 is 0. The van der Waals surface area contributed by atoms with Crippen LogP contribution in [0.15, 0.2) is 4.52 Å². The first-order chi connectivity index (χ1) is 9.15. The Morgan fingerprint density at radius 1 is 1.37 bits per heavy atom. The molecule has 0 bridgehead atoms. The van der Waals surface area contributed by atoms with Crippen molar-refractivity contribution in [2.45, 2.75) is 64.6 Å². The molecule has 0 amide bonds. The summed E-state index contributed by atoms with van der Waals surface area (Å²) in [5.74, 6) is 1.54. The van der Waals surface area contributed by atoms with Gasteiger partial charge in [0.15, 0.2) is 0 Å². The Labute approximate surface area is 114 Å². The predicted molar refractivity (Wildman–Crippen MR) is 70.6 cm³/mol. The van der Waals surface area contributed by atoms with Crippen LogP contribution in [0.3, 0.4) is 0 Å². The SMILES string of the molecule is CCOC(CC)(CC)c1noc(CC(O)C2CC2)n1. The van der Waals surface area contributed by atoms with Gasteiger partial charge in [-0.25, -0.2) is 0 Å². The van der Waals surface area contributed by atoms with Crippen LogP contribution < -0.4 is 0 Å². The first-order valence-electron chi connectivity index (χ1n) is 7.30. The Bertz CT molecular complexity index is 397. The van der Waals surface area contributed by atoms with Crippen molar-refractivity contribution in [1.82, 2.24) is 10.1 Å². The van der Waals surface area contributed by atoms with Crippen molar-refractivity contribution in [1.29, 1.82) is 0 Å². The van der Waals surface area contributed by atoms with Gasteiger partial charge in [-0.3, -0.25) is 0 Å². The number of aromatic nitrogens is 2. The molecule has 0 radical (unpaired) electrons. The van der Waals surface area contributed by atoms with Gasteiger partial charge in [-0.05, 0) is 38.5 Å². The Kier molecular flexibility index (Phi) is 4.58. The summed E-state index contributed by atoms with van der Waals surface area (Å²) in [7, 11) is 0. The zero-order valence-electron chi connectivity index (χ0n) is 12.1. The predicted octanol–water partition coefficient (Wildman–Crippen LogP) is 2.43. The van der Waals surface area contributed by atoms with E-state index in [4.69, 9.17) is 9.26 Å². The summed E-state index contributed by atoms with van der Waals surface area (Å²) in [4.78, 5) is 4.43. The van der Waals surface area contributed by atoms with Gasteiger partial charge in [-0.2, -0.15) is 4.98 Å². The van der Waals surface area contributed by atoms with Gasteiger partial charge in [-0.1, -0.05) is 19.0 Å². The van der Waals surface area contributed by atoms with E-state index in [2.05, 4.69) is 24.0 Å². The van der Waals surface area contributed by atoms with Gasteiger partial charge in [0.25, 0.3) is 0 Å². The van der Waals surface area contributed by atoms with Gasteiger partial charge in [0.1, 0.15) is 5.60 Å². The van der Waals surface area contributed by atoms with Gasteiger partial charge < -0.3 is 14.4 Å². The lowest BCUT2D eigenvalue weighted by Gasteiger charge is -2.27. The monoisotopic (exact) mass is 268 g/mol. The fourth-order valence-electron chi connectivity index (χ4n) is 2.46. The molecule has 5 nitrogen and oxygen atoms in total. The molecule has 0 spiro atoms. The van der Waals surface area contributed by atoms with Crippen molar-refractivity contribution in [3.63, 3.8) is 0 Å². The molecule has 2 rings (SSSR count). The quantitative estimate of drug-likeness (QED) is 0.784. The molecular weight excluding hydrogens is 244 g/mol. The molecule has 19 heavy (non-hydrogen) atoms. The van der Waals surface area contributed by atoms with E-state index < -0.39 is 5.60 Å². The zero-order valence-corrected chi connectivity index (χ0v) is 12.1. The number of hydrogen-bond acceptors (Lipinski definition) is 5. The summed E-state index contributed by atoms with van der Waals surface area (Å²) in [6, 6.07) is 0. The molecule has 108 valence electrons. The average molecular weight is 268 g/mol. The van der Waals surface area contributed by atoms with E-state index in [1.54, 1.807) is 0 Å². The van der Waals surface area contributed by atoms with E-state index >= 15 is 0 Å². The molecule has 1 aromatic rings. The fraction of sp³-hybridized carbons (Fsp3) is 0.857. The molecule has 1 fully saturated rings. The Hall–Kier alpha value is -0.940. The molecule has 1 atom stereocenters. The van der Waals surface area contributed by atoms with E-state index in [0.29, 0.717) is 30.7 Å². The molecule has 0 aliphatic heterocycles. The van der Waals surface area contributed by atoms with Gasteiger partial charge in [-0.15, -0.1) is 0 Å².